The Morgan fingerprint density at radius 2 is 1.77 bits per heavy atom. The van der Waals surface area contributed by atoms with E-state index in [0.717, 1.165) is 28.4 Å². The third-order valence-electron chi connectivity index (χ3n) is 5.92. The first-order valence-electron chi connectivity index (χ1n) is 10.3. The number of para-hydroxylation sites is 1. The maximum absolute atomic E-state index is 12.7. The summed E-state index contributed by atoms with van der Waals surface area (Å²) in [6, 6.07) is 22.1. The van der Waals surface area contributed by atoms with E-state index in [1.54, 1.807) is 4.90 Å². The number of carbonyl (C=O) groups excluding carboxylic acids is 2. The normalized spacial score (nSPS) is 16.5. The molecule has 5 rings (SSSR count). The third kappa shape index (κ3) is 3.32. The Labute approximate surface area is 174 Å². The van der Waals surface area contributed by atoms with Crippen LogP contribution in [0.15, 0.2) is 72.9 Å². The first kappa shape index (κ1) is 18.4. The van der Waals surface area contributed by atoms with Gasteiger partial charge in [0.15, 0.2) is 0 Å². The van der Waals surface area contributed by atoms with Crippen molar-refractivity contribution in [3.63, 3.8) is 0 Å². The lowest BCUT2D eigenvalue weighted by atomic mass is 10.1. The van der Waals surface area contributed by atoms with E-state index in [2.05, 4.69) is 16.4 Å². The average Bonchev–Trinajstić information content (AvgIpc) is 3.37. The number of rotatable bonds is 5. The minimum Gasteiger partial charge on any atom is -0.361 e. The second-order valence-electron chi connectivity index (χ2n) is 7.80. The van der Waals surface area contributed by atoms with Crippen molar-refractivity contribution < 1.29 is 9.59 Å². The highest BCUT2D eigenvalue weighted by atomic mass is 16.2. The van der Waals surface area contributed by atoms with Crippen molar-refractivity contribution in [2.45, 2.75) is 12.8 Å². The first-order valence-corrected chi connectivity index (χ1v) is 10.3. The summed E-state index contributed by atoms with van der Waals surface area (Å²) >= 11 is 0. The van der Waals surface area contributed by atoms with Gasteiger partial charge in [0.1, 0.15) is 0 Å². The molecule has 2 N–H and O–H groups in total. The third-order valence-corrected chi connectivity index (χ3v) is 5.92. The van der Waals surface area contributed by atoms with E-state index in [-0.39, 0.29) is 24.2 Å². The maximum Gasteiger partial charge on any atom is 0.227 e. The van der Waals surface area contributed by atoms with Gasteiger partial charge in [0, 0.05) is 42.0 Å². The van der Waals surface area contributed by atoms with Gasteiger partial charge in [0.25, 0.3) is 0 Å². The van der Waals surface area contributed by atoms with E-state index < -0.39 is 0 Å². The van der Waals surface area contributed by atoms with Gasteiger partial charge in [-0.1, -0.05) is 54.6 Å². The number of nitrogens with zero attached hydrogens (tertiary/aromatic N) is 1. The standard InChI is InChI=1S/C25H23N3O2/c29-24-14-19(16-28(24)23-11-5-7-17-6-1-2-9-21(17)23)25(30)26-13-12-18-15-27-22-10-4-3-8-20(18)22/h1-11,15,19,27H,12-14,16H2,(H,26,30)/t19-/m1/s1. The van der Waals surface area contributed by atoms with Crippen LogP contribution in [-0.4, -0.2) is 29.9 Å². The molecule has 150 valence electrons. The number of aromatic amines is 1. The SMILES string of the molecule is O=C(NCCc1c[nH]c2ccccc12)[C@@H]1CC(=O)N(c2cccc3ccccc23)C1. The summed E-state index contributed by atoms with van der Waals surface area (Å²) < 4.78 is 0. The predicted octanol–water partition coefficient (Wildman–Crippen LogP) is 4.03. The Bertz CT molecular complexity index is 1240. The largest absolute Gasteiger partial charge is 0.361 e. The fraction of sp³-hybridized carbons (Fsp3) is 0.200. The highest BCUT2D eigenvalue weighted by Gasteiger charge is 2.35. The molecule has 1 aliphatic rings. The summed E-state index contributed by atoms with van der Waals surface area (Å²) in [5, 5.41) is 6.34. The molecule has 0 aliphatic carbocycles. The lowest BCUT2D eigenvalue weighted by Gasteiger charge is -2.19. The van der Waals surface area contributed by atoms with Crippen LogP contribution < -0.4 is 10.2 Å². The number of nitrogens with one attached hydrogen (secondary N) is 2. The van der Waals surface area contributed by atoms with Crippen LogP contribution in [0.2, 0.25) is 0 Å². The molecule has 1 aromatic heterocycles. The molecule has 1 atom stereocenters. The molecule has 0 unspecified atom stereocenters. The molecule has 0 bridgehead atoms. The quantitative estimate of drug-likeness (QED) is 0.534. The van der Waals surface area contributed by atoms with Crippen LogP contribution in [-0.2, 0) is 16.0 Å². The molecule has 2 amide bonds. The Kier molecular flexibility index (Phi) is 4.71. The molecule has 5 heteroatoms. The zero-order chi connectivity index (χ0) is 20.5. The number of hydrogen-bond donors (Lipinski definition) is 2. The summed E-state index contributed by atoms with van der Waals surface area (Å²) in [5.41, 5.74) is 3.17. The van der Waals surface area contributed by atoms with Gasteiger partial charge in [-0.15, -0.1) is 0 Å². The number of fused-ring (bicyclic) bond motifs is 2. The molecule has 0 spiro atoms. The van der Waals surface area contributed by atoms with Gasteiger partial charge in [-0.25, -0.2) is 0 Å². The van der Waals surface area contributed by atoms with Crippen LogP contribution in [0.4, 0.5) is 5.69 Å². The number of aromatic nitrogens is 1. The molecule has 2 heterocycles. The van der Waals surface area contributed by atoms with Gasteiger partial charge >= 0.3 is 0 Å². The molecule has 5 nitrogen and oxygen atoms in total. The zero-order valence-electron chi connectivity index (χ0n) is 16.6. The number of amides is 2. The van der Waals surface area contributed by atoms with Crippen LogP contribution in [0.25, 0.3) is 21.7 Å². The minimum absolute atomic E-state index is 0.00290. The molecule has 1 fully saturated rings. The summed E-state index contributed by atoms with van der Waals surface area (Å²) in [6.07, 6.45) is 3.00. The minimum atomic E-state index is -0.320. The Hall–Kier alpha value is -3.60. The predicted molar refractivity (Wildman–Crippen MR) is 119 cm³/mol. The molecular weight excluding hydrogens is 374 g/mol. The molecule has 3 aromatic carbocycles. The Morgan fingerprint density at radius 1 is 1.00 bits per heavy atom. The number of H-pyrrole nitrogens is 1. The van der Waals surface area contributed by atoms with Crippen LogP contribution in [0.3, 0.4) is 0 Å². The summed E-state index contributed by atoms with van der Waals surface area (Å²) in [5.74, 6) is -0.367. The topological polar surface area (TPSA) is 65.2 Å². The average molecular weight is 397 g/mol. The number of carbonyl (C=O) groups is 2. The van der Waals surface area contributed by atoms with Gasteiger partial charge in [-0.2, -0.15) is 0 Å². The lowest BCUT2D eigenvalue weighted by Crippen LogP contribution is -2.34. The van der Waals surface area contributed by atoms with Crippen molar-refractivity contribution in [1.29, 1.82) is 0 Å². The van der Waals surface area contributed by atoms with Crippen LogP contribution >= 0.6 is 0 Å². The molecule has 4 aromatic rings. The summed E-state index contributed by atoms with van der Waals surface area (Å²) in [4.78, 5) is 30.4. The Balaban J connectivity index is 1.24. The molecule has 30 heavy (non-hydrogen) atoms. The van der Waals surface area contributed by atoms with Gasteiger partial charge < -0.3 is 15.2 Å². The fourth-order valence-electron chi connectivity index (χ4n) is 4.36. The van der Waals surface area contributed by atoms with E-state index in [9.17, 15) is 9.59 Å². The van der Waals surface area contributed by atoms with Gasteiger partial charge in [0.2, 0.25) is 11.8 Å². The summed E-state index contributed by atoms with van der Waals surface area (Å²) in [6.45, 7) is 0.978. The van der Waals surface area contributed by atoms with Gasteiger partial charge in [-0.3, -0.25) is 9.59 Å². The molecule has 0 radical (unpaired) electrons. The van der Waals surface area contributed by atoms with E-state index in [1.165, 1.54) is 10.9 Å². The van der Waals surface area contributed by atoms with Crippen LogP contribution in [0.1, 0.15) is 12.0 Å². The molecular formula is C25H23N3O2. The van der Waals surface area contributed by atoms with Crippen molar-refractivity contribution in [1.82, 2.24) is 10.3 Å². The molecule has 1 saturated heterocycles. The number of hydrogen-bond acceptors (Lipinski definition) is 2. The van der Waals surface area contributed by atoms with Crippen molar-refractivity contribution in [3.05, 3.63) is 78.5 Å². The van der Waals surface area contributed by atoms with Crippen molar-refractivity contribution in [2.24, 2.45) is 5.92 Å². The highest BCUT2D eigenvalue weighted by Crippen LogP contribution is 2.31. The van der Waals surface area contributed by atoms with Crippen molar-refractivity contribution in [2.75, 3.05) is 18.0 Å². The monoisotopic (exact) mass is 397 g/mol. The molecule has 0 saturated carbocycles. The van der Waals surface area contributed by atoms with E-state index in [0.29, 0.717) is 13.1 Å². The van der Waals surface area contributed by atoms with E-state index in [1.807, 2.05) is 66.9 Å². The second-order valence-corrected chi connectivity index (χ2v) is 7.80. The maximum atomic E-state index is 12.7. The fourth-order valence-corrected chi connectivity index (χ4v) is 4.36. The smallest absolute Gasteiger partial charge is 0.227 e. The van der Waals surface area contributed by atoms with Crippen molar-refractivity contribution in [3.8, 4) is 0 Å². The summed E-state index contributed by atoms with van der Waals surface area (Å²) in [7, 11) is 0. The lowest BCUT2D eigenvalue weighted by molar-refractivity contribution is -0.126. The Morgan fingerprint density at radius 3 is 2.67 bits per heavy atom. The first-order chi connectivity index (χ1) is 14.7. The zero-order valence-corrected chi connectivity index (χ0v) is 16.6. The van der Waals surface area contributed by atoms with E-state index in [4.69, 9.17) is 0 Å². The second kappa shape index (κ2) is 7.67. The molecule has 1 aliphatic heterocycles. The van der Waals surface area contributed by atoms with Crippen LogP contribution in [0, 0.1) is 5.92 Å². The van der Waals surface area contributed by atoms with Gasteiger partial charge in [0.05, 0.1) is 11.6 Å². The van der Waals surface area contributed by atoms with Crippen LogP contribution in [0.5, 0.6) is 0 Å². The highest BCUT2D eigenvalue weighted by molar-refractivity contribution is 6.07. The van der Waals surface area contributed by atoms with Crippen molar-refractivity contribution >= 4 is 39.2 Å². The number of anilines is 1. The van der Waals surface area contributed by atoms with Gasteiger partial charge in [-0.05, 0) is 29.5 Å². The number of benzene rings is 3. The van der Waals surface area contributed by atoms with E-state index >= 15 is 0 Å².